The molecule has 0 spiro atoms. The van der Waals surface area contributed by atoms with Gasteiger partial charge in [-0.2, -0.15) is 0 Å². The molecule has 2 aromatic rings. The number of nitrogens with zero attached hydrogens (tertiary/aromatic N) is 2. The topological polar surface area (TPSA) is 86.8 Å². The van der Waals surface area contributed by atoms with Crippen molar-refractivity contribution < 1.29 is 22.4 Å². The van der Waals surface area contributed by atoms with Crippen molar-refractivity contribution in [1.82, 2.24) is 10.2 Å². The fraction of sp³-hybridized carbons (Fsp3) is 0.440. The van der Waals surface area contributed by atoms with Gasteiger partial charge in [0.05, 0.1) is 11.9 Å². The van der Waals surface area contributed by atoms with Crippen molar-refractivity contribution in [2.24, 2.45) is 0 Å². The molecule has 2 amide bonds. The van der Waals surface area contributed by atoms with Gasteiger partial charge in [-0.15, -0.1) is 0 Å². The molecule has 0 radical (unpaired) electrons. The van der Waals surface area contributed by atoms with E-state index in [4.69, 9.17) is 11.6 Å². The first kappa shape index (κ1) is 28.6. The van der Waals surface area contributed by atoms with Gasteiger partial charge < -0.3 is 10.2 Å². The Morgan fingerprint density at radius 1 is 1.11 bits per heavy atom. The molecule has 2 rings (SSSR count). The van der Waals surface area contributed by atoms with Crippen LogP contribution in [0.15, 0.2) is 48.5 Å². The van der Waals surface area contributed by atoms with E-state index >= 15 is 0 Å². The number of anilines is 1. The lowest BCUT2D eigenvalue weighted by Gasteiger charge is -2.32. The lowest BCUT2D eigenvalue weighted by Crippen LogP contribution is -2.52. The maximum atomic E-state index is 13.4. The zero-order valence-electron chi connectivity index (χ0n) is 20.7. The largest absolute Gasteiger partial charge is 0.350 e. The van der Waals surface area contributed by atoms with Gasteiger partial charge in [-0.1, -0.05) is 29.8 Å². The number of benzene rings is 2. The van der Waals surface area contributed by atoms with Crippen LogP contribution in [-0.2, 0) is 26.2 Å². The molecule has 35 heavy (non-hydrogen) atoms. The minimum Gasteiger partial charge on any atom is -0.350 e. The van der Waals surface area contributed by atoms with E-state index in [0.29, 0.717) is 16.3 Å². The summed E-state index contributed by atoms with van der Waals surface area (Å²) >= 11 is 6.02. The van der Waals surface area contributed by atoms with Crippen LogP contribution >= 0.6 is 11.6 Å². The molecule has 10 heteroatoms. The third-order valence-corrected chi connectivity index (χ3v) is 6.61. The number of halogens is 2. The molecule has 0 aliphatic heterocycles. The molecule has 0 unspecified atom stereocenters. The molecule has 0 saturated carbocycles. The average Bonchev–Trinajstić information content (AvgIpc) is 2.73. The van der Waals surface area contributed by atoms with Crippen LogP contribution in [0.3, 0.4) is 0 Å². The second-order valence-corrected chi connectivity index (χ2v) is 11.8. The molecule has 192 valence electrons. The Bertz CT molecular complexity index is 1130. The summed E-state index contributed by atoms with van der Waals surface area (Å²) in [5, 5.41) is 3.28. The second-order valence-electron chi connectivity index (χ2n) is 9.48. The van der Waals surface area contributed by atoms with Crippen LogP contribution in [-0.4, -0.2) is 49.5 Å². The van der Waals surface area contributed by atoms with Gasteiger partial charge in [-0.3, -0.25) is 13.9 Å². The fourth-order valence-electron chi connectivity index (χ4n) is 3.48. The third-order valence-electron chi connectivity index (χ3n) is 5.18. The van der Waals surface area contributed by atoms with Crippen molar-refractivity contribution >= 4 is 39.1 Å². The summed E-state index contributed by atoms with van der Waals surface area (Å²) in [5.41, 5.74) is 0.600. The van der Waals surface area contributed by atoms with Crippen LogP contribution in [0.5, 0.6) is 0 Å². The molecule has 2 aromatic carbocycles. The van der Waals surface area contributed by atoms with Crippen molar-refractivity contribution in [2.45, 2.75) is 58.7 Å². The fourth-order valence-corrected chi connectivity index (χ4v) is 4.62. The van der Waals surface area contributed by atoms with E-state index < -0.39 is 27.4 Å². The van der Waals surface area contributed by atoms with Crippen molar-refractivity contribution in [3.8, 4) is 0 Å². The summed E-state index contributed by atoms with van der Waals surface area (Å²) in [7, 11) is -3.61. The predicted octanol–water partition coefficient (Wildman–Crippen LogP) is 4.36. The highest BCUT2D eigenvalue weighted by molar-refractivity contribution is 7.92. The minimum atomic E-state index is -3.61. The highest BCUT2D eigenvalue weighted by Gasteiger charge is 2.28. The molecule has 1 N–H and O–H groups in total. The molecule has 0 heterocycles. The second kappa shape index (κ2) is 11.9. The number of sulfonamides is 1. The zero-order valence-corrected chi connectivity index (χ0v) is 22.3. The first-order valence-corrected chi connectivity index (χ1v) is 13.5. The summed E-state index contributed by atoms with van der Waals surface area (Å²) in [5.74, 6) is -1.03. The van der Waals surface area contributed by atoms with Gasteiger partial charge in [0.2, 0.25) is 21.8 Å². The molecular weight excluding hydrogens is 493 g/mol. The Hall–Kier alpha value is -2.65. The molecule has 0 aliphatic carbocycles. The Balaban J connectivity index is 2.18. The van der Waals surface area contributed by atoms with Crippen molar-refractivity contribution in [2.75, 3.05) is 17.1 Å². The van der Waals surface area contributed by atoms with Crippen LogP contribution in [0.4, 0.5) is 10.1 Å². The monoisotopic (exact) mass is 525 g/mol. The standard InChI is InChI=1S/C25H33ClFN3O4S/c1-18(24(32)28-25(2,3)4)29(17-19-11-13-21(27)14-12-19)23(31)10-7-15-30(35(5,33)34)22-9-6-8-20(26)16-22/h6,8-9,11-14,16,18H,7,10,15,17H2,1-5H3,(H,28,32)/t18-/m1/s1. The quantitative estimate of drug-likeness (QED) is 0.499. The van der Waals surface area contributed by atoms with E-state index in [2.05, 4.69) is 5.32 Å². The van der Waals surface area contributed by atoms with Crippen molar-refractivity contribution in [1.29, 1.82) is 0 Å². The highest BCUT2D eigenvalue weighted by atomic mass is 35.5. The third kappa shape index (κ3) is 9.14. The van der Waals surface area contributed by atoms with E-state index in [1.807, 2.05) is 20.8 Å². The molecule has 1 atom stereocenters. The number of carbonyl (C=O) groups excluding carboxylic acids is 2. The van der Waals surface area contributed by atoms with Crippen LogP contribution < -0.4 is 9.62 Å². The summed E-state index contributed by atoms with van der Waals surface area (Å²) in [6, 6.07) is 11.4. The predicted molar refractivity (Wildman–Crippen MR) is 137 cm³/mol. The van der Waals surface area contributed by atoms with Gasteiger partial charge in [0.25, 0.3) is 0 Å². The first-order valence-electron chi connectivity index (χ1n) is 11.3. The number of rotatable bonds is 10. The highest BCUT2D eigenvalue weighted by Crippen LogP contribution is 2.22. The van der Waals surface area contributed by atoms with Gasteiger partial charge in [0.15, 0.2) is 0 Å². The van der Waals surface area contributed by atoms with Gasteiger partial charge in [0.1, 0.15) is 11.9 Å². The Morgan fingerprint density at radius 2 is 1.74 bits per heavy atom. The average molecular weight is 526 g/mol. The number of nitrogens with one attached hydrogen (secondary N) is 1. The van der Waals surface area contributed by atoms with E-state index in [0.717, 1.165) is 6.26 Å². The maximum absolute atomic E-state index is 13.4. The molecule has 0 aromatic heterocycles. The van der Waals surface area contributed by atoms with Crippen molar-refractivity contribution in [3.63, 3.8) is 0 Å². The summed E-state index contributed by atoms with van der Waals surface area (Å²) in [6.45, 7) is 7.36. The molecule has 7 nitrogen and oxygen atoms in total. The molecule has 0 saturated heterocycles. The van der Waals surface area contributed by atoms with E-state index in [9.17, 15) is 22.4 Å². The number of amides is 2. The van der Waals surface area contributed by atoms with Crippen LogP contribution in [0.1, 0.15) is 46.1 Å². The first-order chi connectivity index (χ1) is 16.2. The number of hydrogen-bond donors (Lipinski definition) is 1. The summed E-state index contributed by atoms with van der Waals surface area (Å²) in [4.78, 5) is 27.5. The molecule has 0 bridgehead atoms. The Labute approximate surface area is 212 Å². The SMILES string of the molecule is C[C@H](C(=O)NC(C)(C)C)N(Cc1ccc(F)cc1)C(=O)CCCN(c1cccc(Cl)c1)S(C)(=O)=O. The smallest absolute Gasteiger partial charge is 0.242 e. The Morgan fingerprint density at radius 3 is 2.29 bits per heavy atom. The molecular formula is C25H33ClFN3O4S. The van der Waals surface area contributed by atoms with Crippen LogP contribution in [0, 0.1) is 5.82 Å². The molecule has 0 aliphatic rings. The normalized spacial score (nSPS) is 12.7. The van der Waals surface area contributed by atoms with Crippen LogP contribution in [0.25, 0.3) is 0 Å². The van der Waals surface area contributed by atoms with Gasteiger partial charge in [0, 0.05) is 30.1 Å². The van der Waals surface area contributed by atoms with E-state index in [1.54, 1.807) is 43.3 Å². The lowest BCUT2D eigenvalue weighted by atomic mass is 10.1. The molecule has 0 fully saturated rings. The summed E-state index contributed by atoms with van der Waals surface area (Å²) < 4.78 is 39.3. The van der Waals surface area contributed by atoms with Crippen LogP contribution in [0.2, 0.25) is 5.02 Å². The van der Waals surface area contributed by atoms with Gasteiger partial charge >= 0.3 is 0 Å². The number of hydrogen-bond acceptors (Lipinski definition) is 4. The van der Waals surface area contributed by atoms with E-state index in [-0.39, 0.29) is 37.7 Å². The Kier molecular flexibility index (Phi) is 9.68. The van der Waals surface area contributed by atoms with Gasteiger partial charge in [-0.25, -0.2) is 12.8 Å². The lowest BCUT2D eigenvalue weighted by molar-refractivity contribution is -0.141. The van der Waals surface area contributed by atoms with Gasteiger partial charge in [-0.05, 0) is 70.0 Å². The number of carbonyl (C=O) groups is 2. The zero-order chi connectivity index (χ0) is 26.4. The minimum absolute atomic E-state index is 0.0148. The van der Waals surface area contributed by atoms with Crippen molar-refractivity contribution in [3.05, 3.63) is 64.9 Å². The maximum Gasteiger partial charge on any atom is 0.242 e. The van der Waals surface area contributed by atoms with E-state index in [1.165, 1.54) is 21.3 Å². The summed E-state index contributed by atoms with van der Waals surface area (Å²) in [6.07, 6.45) is 1.34.